The number of carbonyl (C=O) groups excluding carboxylic acids is 1. The molecule has 0 atom stereocenters. The quantitative estimate of drug-likeness (QED) is 0.815. The van der Waals surface area contributed by atoms with Gasteiger partial charge < -0.3 is 5.32 Å². The second kappa shape index (κ2) is 6.76. The highest BCUT2D eigenvalue weighted by atomic mass is 79.9. The number of hydrogen-bond acceptors (Lipinski definition) is 2. The lowest BCUT2D eigenvalue weighted by atomic mass is 10.1. The average Bonchev–Trinajstić information content (AvgIpc) is 2.23. The highest BCUT2D eigenvalue weighted by Gasteiger charge is 2.07. The van der Waals surface area contributed by atoms with Crippen LogP contribution in [0.5, 0.6) is 0 Å². The molecule has 0 aromatic heterocycles. The van der Waals surface area contributed by atoms with Crippen LogP contribution >= 0.6 is 15.9 Å². The summed E-state index contributed by atoms with van der Waals surface area (Å²) in [7, 11) is 0. The number of ketones is 1. The van der Waals surface area contributed by atoms with Crippen molar-refractivity contribution in [2.24, 2.45) is 0 Å². The molecule has 1 N–H and O–H groups in total. The van der Waals surface area contributed by atoms with Crippen LogP contribution in [0.25, 0.3) is 0 Å². The van der Waals surface area contributed by atoms with Crippen LogP contribution in [-0.2, 0) is 11.2 Å². The Kier molecular flexibility index (Phi) is 5.63. The van der Waals surface area contributed by atoms with Crippen LogP contribution in [0, 0.1) is 5.82 Å². The minimum atomic E-state index is -0.296. The highest BCUT2D eigenvalue weighted by Crippen LogP contribution is 2.18. The van der Waals surface area contributed by atoms with Gasteiger partial charge in [0.2, 0.25) is 0 Å². The van der Waals surface area contributed by atoms with Gasteiger partial charge in [0.15, 0.2) is 0 Å². The molecule has 0 unspecified atom stereocenters. The van der Waals surface area contributed by atoms with E-state index in [9.17, 15) is 9.18 Å². The normalized spacial score (nSPS) is 10.4. The number of rotatable bonds is 6. The third-order valence-corrected chi connectivity index (χ3v) is 2.97. The summed E-state index contributed by atoms with van der Waals surface area (Å²) in [5.41, 5.74) is 0.836. The highest BCUT2D eigenvalue weighted by molar-refractivity contribution is 9.10. The SMILES string of the molecule is CCNCCC(=O)Cc1ccc(F)cc1Br. The third kappa shape index (κ3) is 4.41. The zero-order valence-corrected chi connectivity index (χ0v) is 10.8. The average molecular weight is 288 g/mol. The molecule has 0 radical (unpaired) electrons. The summed E-state index contributed by atoms with van der Waals surface area (Å²) in [6, 6.07) is 4.40. The fourth-order valence-electron chi connectivity index (χ4n) is 1.37. The Balaban J connectivity index is 2.49. The van der Waals surface area contributed by atoms with E-state index >= 15 is 0 Å². The number of hydrogen-bond donors (Lipinski definition) is 1. The van der Waals surface area contributed by atoms with E-state index in [-0.39, 0.29) is 11.6 Å². The van der Waals surface area contributed by atoms with E-state index in [1.807, 2.05) is 6.92 Å². The number of benzene rings is 1. The number of carbonyl (C=O) groups is 1. The molecule has 0 saturated carbocycles. The molecule has 0 spiro atoms. The van der Waals surface area contributed by atoms with Gasteiger partial charge in [-0.3, -0.25) is 4.79 Å². The van der Waals surface area contributed by atoms with E-state index < -0.39 is 0 Å². The van der Waals surface area contributed by atoms with E-state index in [0.717, 1.165) is 12.1 Å². The predicted molar refractivity (Wildman–Crippen MR) is 66.0 cm³/mol. The topological polar surface area (TPSA) is 29.1 Å². The molecule has 0 fully saturated rings. The lowest BCUT2D eigenvalue weighted by Gasteiger charge is -2.04. The molecule has 16 heavy (non-hydrogen) atoms. The number of Topliss-reactive ketones (excluding diaryl/α,β-unsaturated/α-hetero) is 1. The Hall–Kier alpha value is -0.740. The molecule has 88 valence electrons. The Bertz CT molecular complexity index is 368. The van der Waals surface area contributed by atoms with Crippen molar-refractivity contribution in [3.8, 4) is 0 Å². The first kappa shape index (κ1) is 13.3. The Morgan fingerprint density at radius 2 is 2.25 bits per heavy atom. The van der Waals surface area contributed by atoms with Crippen molar-refractivity contribution >= 4 is 21.7 Å². The van der Waals surface area contributed by atoms with Crippen molar-refractivity contribution in [1.29, 1.82) is 0 Å². The lowest BCUT2D eigenvalue weighted by Crippen LogP contribution is -2.18. The zero-order valence-electron chi connectivity index (χ0n) is 9.22. The van der Waals surface area contributed by atoms with Gasteiger partial charge in [-0.15, -0.1) is 0 Å². The standard InChI is InChI=1S/C12H15BrFNO/c1-2-15-6-5-11(16)7-9-3-4-10(14)8-12(9)13/h3-4,8,15H,2,5-7H2,1H3. The fraction of sp³-hybridized carbons (Fsp3) is 0.417. The first-order chi connectivity index (χ1) is 7.63. The summed E-state index contributed by atoms with van der Waals surface area (Å²) in [6.07, 6.45) is 0.865. The van der Waals surface area contributed by atoms with Crippen molar-refractivity contribution in [2.75, 3.05) is 13.1 Å². The Labute approximate surface area is 103 Å². The summed E-state index contributed by atoms with van der Waals surface area (Å²) < 4.78 is 13.5. The molecule has 0 aliphatic rings. The van der Waals surface area contributed by atoms with Crippen molar-refractivity contribution < 1.29 is 9.18 Å². The predicted octanol–water partition coefficient (Wildman–Crippen LogP) is 2.70. The van der Waals surface area contributed by atoms with Crippen LogP contribution in [0.1, 0.15) is 18.9 Å². The molecule has 0 amide bonds. The van der Waals surface area contributed by atoms with Gasteiger partial charge in [0.1, 0.15) is 11.6 Å². The summed E-state index contributed by atoms with van der Waals surface area (Å²) in [5, 5.41) is 3.10. The molecular weight excluding hydrogens is 273 g/mol. The fourth-order valence-corrected chi connectivity index (χ4v) is 1.86. The maximum atomic E-state index is 12.8. The maximum Gasteiger partial charge on any atom is 0.138 e. The lowest BCUT2D eigenvalue weighted by molar-refractivity contribution is -0.118. The molecular formula is C12H15BrFNO. The first-order valence-electron chi connectivity index (χ1n) is 5.29. The molecule has 4 heteroatoms. The van der Waals surface area contributed by atoms with Crippen LogP contribution in [0.2, 0.25) is 0 Å². The molecule has 1 aromatic rings. The third-order valence-electron chi connectivity index (χ3n) is 2.23. The van der Waals surface area contributed by atoms with E-state index in [0.29, 0.717) is 23.9 Å². The monoisotopic (exact) mass is 287 g/mol. The summed E-state index contributed by atoms with van der Waals surface area (Å²) in [4.78, 5) is 11.6. The Morgan fingerprint density at radius 3 is 2.88 bits per heavy atom. The van der Waals surface area contributed by atoms with Gasteiger partial charge >= 0.3 is 0 Å². The summed E-state index contributed by atoms with van der Waals surface area (Å²) in [6.45, 7) is 3.57. The molecule has 1 aromatic carbocycles. The van der Waals surface area contributed by atoms with Crippen molar-refractivity contribution in [3.63, 3.8) is 0 Å². The molecule has 0 aliphatic heterocycles. The van der Waals surface area contributed by atoms with Crippen LogP contribution in [-0.4, -0.2) is 18.9 Å². The molecule has 1 rings (SSSR count). The van der Waals surface area contributed by atoms with E-state index in [1.54, 1.807) is 6.07 Å². The minimum Gasteiger partial charge on any atom is -0.317 e. The summed E-state index contributed by atoms with van der Waals surface area (Å²) in [5.74, 6) is -0.135. The molecule has 0 aliphatic carbocycles. The van der Waals surface area contributed by atoms with Crippen molar-refractivity contribution in [1.82, 2.24) is 5.32 Å². The van der Waals surface area contributed by atoms with Crippen molar-refractivity contribution in [2.45, 2.75) is 19.8 Å². The van der Waals surface area contributed by atoms with Crippen LogP contribution in [0.15, 0.2) is 22.7 Å². The van der Waals surface area contributed by atoms with E-state index in [4.69, 9.17) is 0 Å². The van der Waals surface area contributed by atoms with Gasteiger partial charge in [0, 0.05) is 23.9 Å². The van der Waals surface area contributed by atoms with Gasteiger partial charge in [-0.2, -0.15) is 0 Å². The zero-order chi connectivity index (χ0) is 12.0. The van der Waals surface area contributed by atoms with Crippen LogP contribution in [0.4, 0.5) is 4.39 Å². The second-order valence-electron chi connectivity index (χ2n) is 3.55. The van der Waals surface area contributed by atoms with Gasteiger partial charge in [-0.1, -0.05) is 28.9 Å². The smallest absolute Gasteiger partial charge is 0.138 e. The Morgan fingerprint density at radius 1 is 1.50 bits per heavy atom. The summed E-state index contributed by atoms with van der Waals surface area (Å²) >= 11 is 3.25. The number of halogens is 2. The van der Waals surface area contributed by atoms with Crippen molar-refractivity contribution in [3.05, 3.63) is 34.1 Å². The second-order valence-corrected chi connectivity index (χ2v) is 4.41. The molecule has 0 bridgehead atoms. The van der Waals surface area contributed by atoms with Crippen LogP contribution in [0.3, 0.4) is 0 Å². The van der Waals surface area contributed by atoms with E-state index in [1.165, 1.54) is 12.1 Å². The minimum absolute atomic E-state index is 0.160. The van der Waals surface area contributed by atoms with Crippen LogP contribution < -0.4 is 5.32 Å². The van der Waals surface area contributed by atoms with Gasteiger partial charge in [0.25, 0.3) is 0 Å². The van der Waals surface area contributed by atoms with Gasteiger partial charge in [-0.05, 0) is 24.2 Å². The molecule has 0 heterocycles. The maximum absolute atomic E-state index is 12.8. The van der Waals surface area contributed by atoms with Gasteiger partial charge in [0.05, 0.1) is 0 Å². The molecule has 0 saturated heterocycles. The molecule has 2 nitrogen and oxygen atoms in total. The first-order valence-corrected chi connectivity index (χ1v) is 6.09. The number of nitrogens with one attached hydrogen (secondary N) is 1. The largest absolute Gasteiger partial charge is 0.317 e. The van der Waals surface area contributed by atoms with E-state index in [2.05, 4.69) is 21.2 Å². The van der Waals surface area contributed by atoms with Gasteiger partial charge in [-0.25, -0.2) is 4.39 Å².